The summed E-state index contributed by atoms with van der Waals surface area (Å²) in [4.78, 5) is 2.52. The van der Waals surface area contributed by atoms with Crippen molar-refractivity contribution in [2.75, 3.05) is 46.9 Å². The maximum Gasteiger partial charge on any atom is 0.0971 e. The number of ether oxygens (including phenoxy) is 2. The first-order valence-corrected chi connectivity index (χ1v) is 8.13. The number of nitrogens with zero attached hydrogens (tertiary/aromatic N) is 1. The van der Waals surface area contributed by atoms with Crippen LogP contribution in [0.3, 0.4) is 0 Å². The van der Waals surface area contributed by atoms with Gasteiger partial charge < -0.3 is 14.8 Å². The van der Waals surface area contributed by atoms with E-state index < -0.39 is 0 Å². The van der Waals surface area contributed by atoms with Crippen LogP contribution < -0.4 is 5.32 Å². The smallest absolute Gasteiger partial charge is 0.0971 e. The molecule has 0 spiro atoms. The van der Waals surface area contributed by atoms with Crippen LogP contribution in [0.25, 0.3) is 0 Å². The molecular weight excluding hydrogens is 252 g/mol. The monoisotopic (exact) mass is 286 g/mol. The standard InChI is InChI=1S/C16H34N2O2/c1-6-9-17-12-16(7-2,8-3)13-18-10-14(19-4)15(11-18)20-5/h14-15,17H,6-13H2,1-5H3. The lowest BCUT2D eigenvalue weighted by Gasteiger charge is -2.36. The molecule has 1 fully saturated rings. The van der Waals surface area contributed by atoms with E-state index in [1.54, 1.807) is 14.2 Å². The molecule has 120 valence electrons. The molecule has 2 atom stereocenters. The van der Waals surface area contributed by atoms with Gasteiger partial charge in [-0.05, 0) is 31.2 Å². The molecule has 1 saturated heterocycles. The predicted molar refractivity (Wildman–Crippen MR) is 84.2 cm³/mol. The third kappa shape index (κ3) is 4.69. The summed E-state index contributed by atoms with van der Waals surface area (Å²) in [7, 11) is 3.58. The number of hydrogen-bond donors (Lipinski definition) is 1. The molecule has 1 rings (SSSR count). The molecule has 0 amide bonds. The van der Waals surface area contributed by atoms with Gasteiger partial charge in [-0.3, -0.25) is 4.90 Å². The molecule has 20 heavy (non-hydrogen) atoms. The van der Waals surface area contributed by atoms with E-state index in [-0.39, 0.29) is 12.2 Å². The summed E-state index contributed by atoms with van der Waals surface area (Å²) < 4.78 is 11.1. The highest BCUT2D eigenvalue weighted by Crippen LogP contribution is 2.29. The van der Waals surface area contributed by atoms with E-state index in [0.29, 0.717) is 5.41 Å². The Balaban J connectivity index is 2.57. The van der Waals surface area contributed by atoms with Crippen LogP contribution in [0.15, 0.2) is 0 Å². The van der Waals surface area contributed by atoms with Gasteiger partial charge in [-0.2, -0.15) is 0 Å². The van der Waals surface area contributed by atoms with Crippen molar-refractivity contribution in [2.45, 2.75) is 52.2 Å². The molecule has 1 aliphatic heterocycles. The van der Waals surface area contributed by atoms with Gasteiger partial charge in [0.25, 0.3) is 0 Å². The Hall–Kier alpha value is -0.160. The number of methoxy groups -OCH3 is 2. The fourth-order valence-electron chi connectivity index (χ4n) is 3.18. The normalized spacial score (nSPS) is 24.4. The SMILES string of the molecule is CCCNCC(CC)(CC)CN1CC(OC)C(OC)C1. The first kappa shape index (κ1) is 17.9. The van der Waals surface area contributed by atoms with E-state index in [1.807, 2.05) is 0 Å². The van der Waals surface area contributed by atoms with Crippen LogP contribution in [0.5, 0.6) is 0 Å². The van der Waals surface area contributed by atoms with Gasteiger partial charge in [0.05, 0.1) is 12.2 Å². The second-order valence-corrected chi connectivity index (χ2v) is 6.13. The minimum absolute atomic E-state index is 0.218. The van der Waals surface area contributed by atoms with E-state index in [2.05, 4.69) is 31.0 Å². The molecule has 0 radical (unpaired) electrons. The fourth-order valence-corrected chi connectivity index (χ4v) is 3.18. The summed E-state index contributed by atoms with van der Waals surface area (Å²) in [5.41, 5.74) is 0.371. The summed E-state index contributed by atoms with van der Waals surface area (Å²) in [5, 5.41) is 3.61. The molecular formula is C16H34N2O2. The van der Waals surface area contributed by atoms with Crippen LogP contribution in [-0.4, -0.2) is 64.1 Å². The second-order valence-electron chi connectivity index (χ2n) is 6.13. The first-order chi connectivity index (χ1) is 9.64. The Morgan fingerprint density at radius 1 is 1.05 bits per heavy atom. The van der Waals surface area contributed by atoms with Crippen molar-refractivity contribution in [1.29, 1.82) is 0 Å². The van der Waals surface area contributed by atoms with Crippen molar-refractivity contribution in [2.24, 2.45) is 5.41 Å². The van der Waals surface area contributed by atoms with Gasteiger partial charge in [-0.1, -0.05) is 20.8 Å². The molecule has 1 N–H and O–H groups in total. The quantitative estimate of drug-likeness (QED) is 0.624. The highest BCUT2D eigenvalue weighted by Gasteiger charge is 2.37. The maximum absolute atomic E-state index is 5.54. The van der Waals surface area contributed by atoms with Crippen molar-refractivity contribution in [3.63, 3.8) is 0 Å². The van der Waals surface area contributed by atoms with Crippen LogP contribution in [0.4, 0.5) is 0 Å². The first-order valence-electron chi connectivity index (χ1n) is 8.13. The van der Waals surface area contributed by atoms with Crippen molar-refractivity contribution < 1.29 is 9.47 Å². The van der Waals surface area contributed by atoms with Gasteiger partial charge in [-0.25, -0.2) is 0 Å². The van der Waals surface area contributed by atoms with Gasteiger partial charge in [0, 0.05) is 40.4 Å². The Kier molecular flexibility index (Phi) is 8.03. The van der Waals surface area contributed by atoms with Crippen LogP contribution in [0.1, 0.15) is 40.0 Å². The second kappa shape index (κ2) is 8.98. The van der Waals surface area contributed by atoms with Gasteiger partial charge >= 0.3 is 0 Å². The summed E-state index contributed by atoms with van der Waals surface area (Å²) in [6.07, 6.45) is 4.06. The minimum Gasteiger partial charge on any atom is -0.377 e. The average molecular weight is 286 g/mol. The van der Waals surface area contributed by atoms with Crippen molar-refractivity contribution >= 4 is 0 Å². The molecule has 0 aromatic carbocycles. The molecule has 0 saturated carbocycles. The van der Waals surface area contributed by atoms with Crippen LogP contribution >= 0.6 is 0 Å². The maximum atomic E-state index is 5.54. The Morgan fingerprint density at radius 3 is 2.00 bits per heavy atom. The third-order valence-corrected chi connectivity index (χ3v) is 4.88. The predicted octanol–water partition coefficient (Wildman–Crippen LogP) is 2.14. The van der Waals surface area contributed by atoms with Gasteiger partial charge in [0.1, 0.15) is 0 Å². The zero-order valence-electron chi connectivity index (χ0n) is 14.1. The largest absolute Gasteiger partial charge is 0.377 e. The zero-order valence-corrected chi connectivity index (χ0v) is 14.1. The molecule has 1 aliphatic rings. The molecule has 4 heteroatoms. The minimum atomic E-state index is 0.218. The van der Waals surface area contributed by atoms with Gasteiger partial charge in [0.2, 0.25) is 0 Å². The third-order valence-electron chi connectivity index (χ3n) is 4.88. The van der Waals surface area contributed by atoms with Crippen LogP contribution in [0.2, 0.25) is 0 Å². The van der Waals surface area contributed by atoms with Gasteiger partial charge in [-0.15, -0.1) is 0 Å². The molecule has 0 aromatic rings. The summed E-state index contributed by atoms with van der Waals surface area (Å²) in [5.74, 6) is 0. The number of nitrogens with one attached hydrogen (secondary N) is 1. The Labute approximate surface area is 125 Å². The number of rotatable bonds is 10. The highest BCUT2D eigenvalue weighted by atomic mass is 16.5. The number of hydrogen-bond acceptors (Lipinski definition) is 4. The zero-order chi connectivity index (χ0) is 15.0. The van der Waals surface area contributed by atoms with E-state index in [0.717, 1.165) is 32.7 Å². The molecule has 1 heterocycles. The lowest BCUT2D eigenvalue weighted by atomic mass is 9.81. The summed E-state index contributed by atoms with van der Waals surface area (Å²) in [6.45, 7) is 12.2. The Bertz CT molecular complexity index is 245. The molecule has 2 unspecified atom stereocenters. The van der Waals surface area contributed by atoms with E-state index in [1.165, 1.54) is 19.3 Å². The average Bonchev–Trinajstić information content (AvgIpc) is 2.88. The van der Waals surface area contributed by atoms with Crippen LogP contribution in [-0.2, 0) is 9.47 Å². The lowest BCUT2D eigenvalue weighted by Crippen LogP contribution is -2.43. The highest BCUT2D eigenvalue weighted by molar-refractivity contribution is 4.91. The molecule has 0 aromatic heterocycles. The summed E-state index contributed by atoms with van der Waals surface area (Å²) >= 11 is 0. The summed E-state index contributed by atoms with van der Waals surface area (Å²) in [6, 6.07) is 0. The van der Waals surface area contributed by atoms with E-state index in [9.17, 15) is 0 Å². The molecule has 0 bridgehead atoms. The fraction of sp³-hybridized carbons (Fsp3) is 1.00. The van der Waals surface area contributed by atoms with Crippen molar-refractivity contribution in [1.82, 2.24) is 10.2 Å². The molecule has 0 aliphatic carbocycles. The van der Waals surface area contributed by atoms with Gasteiger partial charge in [0.15, 0.2) is 0 Å². The van der Waals surface area contributed by atoms with Crippen molar-refractivity contribution in [3.05, 3.63) is 0 Å². The van der Waals surface area contributed by atoms with Crippen molar-refractivity contribution in [3.8, 4) is 0 Å². The lowest BCUT2D eigenvalue weighted by molar-refractivity contribution is -0.00461. The number of likely N-dealkylation sites (tertiary alicyclic amines) is 1. The van der Waals surface area contributed by atoms with Crippen LogP contribution in [0, 0.1) is 5.41 Å². The van der Waals surface area contributed by atoms with E-state index in [4.69, 9.17) is 9.47 Å². The Morgan fingerprint density at radius 2 is 1.60 bits per heavy atom. The van der Waals surface area contributed by atoms with E-state index >= 15 is 0 Å². The molecule has 4 nitrogen and oxygen atoms in total. The topological polar surface area (TPSA) is 33.7 Å².